The Morgan fingerprint density at radius 3 is 2.07 bits per heavy atom. The summed E-state index contributed by atoms with van der Waals surface area (Å²) in [6, 6.07) is 1.18. The molecule has 0 spiro atoms. The molecule has 76 valence electrons. The molecule has 0 N–H and O–H groups in total. The van der Waals surface area contributed by atoms with E-state index in [-0.39, 0.29) is 8.95 Å². The fourth-order valence-electron chi connectivity index (χ4n) is 0.854. The van der Waals surface area contributed by atoms with E-state index in [2.05, 4.69) is 36.6 Å². The molecule has 1 aromatic rings. The Morgan fingerprint density at radius 2 is 1.71 bits per heavy atom. The van der Waals surface area contributed by atoms with Crippen molar-refractivity contribution in [3.63, 3.8) is 0 Å². The van der Waals surface area contributed by atoms with Crippen LogP contribution in [-0.2, 0) is 4.74 Å². The Labute approximate surface area is 95.5 Å². The predicted molar refractivity (Wildman–Crippen MR) is 53.1 cm³/mol. The molecule has 1 aromatic carbocycles. The van der Waals surface area contributed by atoms with Gasteiger partial charge in [0.2, 0.25) is 0 Å². The molecule has 0 radical (unpaired) electrons. The van der Waals surface area contributed by atoms with Gasteiger partial charge in [0.15, 0.2) is 11.6 Å². The van der Waals surface area contributed by atoms with Gasteiger partial charge in [-0.3, -0.25) is 0 Å². The molecule has 0 atom stereocenters. The number of carbonyl (C=O) groups is 1. The molecule has 0 aliphatic rings. The van der Waals surface area contributed by atoms with Crippen molar-refractivity contribution in [1.29, 1.82) is 0 Å². The van der Waals surface area contributed by atoms with Crippen molar-refractivity contribution in [2.75, 3.05) is 7.11 Å². The SMILES string of the molecule is COC(=O)c1c(F)c(Br)cc(Br)c1F. The number of hydrogen-bond acceptors (Lipinski definition) is 2. The smallest absolute Gasteiger partial charge is 0.343 e. The average molecular weight is 330 g/mol. The van der Waals surface area contributed by atoms with Gasteiger partial charge >= 0.3 is 5.97 Å². The maximum Gasteiger partial charge on any atom is 0.343 e. The first-order chi connectivity index (χ1) is 6.49. The highest BCUT2D eigenvalue weighted by atomic mass is 79.9. The topological polar surface area (TPSA) is 26.3 Å². The van der Waals surface area contributed by atoms with Crippen molar-refractivity contribution >= 4 is 37.8 Å². The van der Waals surface area contributed by atoms with Crippen molar-refractivity contribution in [2.24, 2.45) is 0 Å². The van der Waals surface area contributed by atoms with Gasteiger partial charge in [0.05, 0.1) is 16.1 Å². The zero-order chi connectivity index (χ0) is 10.9. The standard InChI is InChI=1S/C8H4Br2F2O2/c1-14-8(13)5-6(11)3(9)2-4(10)7(5)12/h2H,1H3. The zero-order valence-corrected chi connectivity index (χ0v) is 10.1. The third-order valence-corrected chi connectivity index (χ3v) is 2.66. The fraction of sp³-hybridized carbons (Fsp3) is 0.125. The van der Waals surface area contributed by atoms with E-state index in [0.29, 0.717) is 0 Å². The van der Waals surface area contributed by atoms with E-state index in [1.54, 1.807) is 0 Å². The zero-order valence-electron chi connectivity index (χ0n) is 6.91. The Hall–Kier alpha value is -0.490. The van der Waals surface area contributed by atoms with Gasteiger partial charge in [0, 0.05) is 0 Å². The van der Waals surface area contributed by atoms with E-state index in [4.69, 9.17) is 0 Å². The summed E-state index contributed by atoms with van der Waals surface area (Å²) in [5, 5.41) is 0. The number of halogens is 4. The lowest BCUT2D eigenvalue weighted by molar-refractivity contribution is 0.0589. The van der Waals surface area contributed by atoms with Crippen molar-refractivity contribution in [2.45, 2.75) is 0 Å². The fourth-order valence-corrected chi connectivity index (χ4v) is 2.02. The van der Waals surface area contributed by atoms with Gasteiger partial charge in [-0.25, -0.2) is 13.6 Å². The summed E-state index contributed by atoms with van der Waals surface area (Å²) in [6.45, 7) is 0. The second kappa shape index (κ2) is 4.35. The lowest BCUT2D eigenvalue weighted by Gasteiger charge is -2.05. The molecule has 0 saturated carbocycles. The summed E-state index contributed by atoms with van der Waals surface area (Å²) in [5.41, 5.74) is -0.714. The van der Waals surface area contributed by atoms with Crippen molar-refractivity contribution in [1.82, 2.24) is 0 Å². The van der Waals surface area contributed by atoms with Gasteiger partial charge in [-0.15, -0.1) is 0 Å². The molecule has 0 fully saturated rings. The van der Waals surface area contributed by atoms with Crippen LogP contribution in [0.25, 0.3) is 0 Å². The summed E-state index contributed by atoms with van der Waals surface area (Å²) >= 11 is 5.70. The molecule has 0 unspecified atom stereocenters. The molecular weight excluding hydrogens is 326 g/mol. The molecule has 0 aliphatic carbocycles. The first kappa shape index (κ1) is 11.6. The van der Waals surface area contributed by atoms with Gasteiger partial charge in [-0.2, -0.15) is 0 Å². The molecule has 0 bridgehead atoms. The van der Waals surface area contributed by atoms with Crippen LogP contribution in [0.2, 0.25) is 0 Å². The number of benzene rings is 1. The number of carbonyl (C=O) groups excluding carboxylic acids is 1. The summed E-state index contributed by atoms with van der Waals surface area (Å²) in [6.07, 6.45) is 0. The molecule has 6 heteroatoms. The largest absolute Gasteiger partial charge is 0.465 e. The Kier molecular flexibility index (Phi) is 3.60. The number of rotatable bonds is 1. The second-order valence-corrected chi connectivity index (χ2v) is 4.04. The number of methoxy groups -OCH3 is 1. The highest BCUT2D eigenvalue weighted by Gasteiger charge is 2.22. The van der Waals surface area contributed by atoms with Crippen LogP contribution in [0.1, 0.15) is 10.4 Å². The van der Waals surface area contributed by atoms with E-state index in [9.17, 15) is 13.6 Å². The average Bonchev–Trinajstić information content (AvgIpc) is 2.15. The molecule has 1 rings (SSSR count). The van der Waals surface area contributed by atoms with Gasteiger partial charge < -0.3 is 4.74 Å². The van der Waals surface area contributed by atoms with E-state index in [1.807, 2.05) is 0 Å². The number of esters is 1. The molecule has 14 heavy (non-hydrogen) atoms. The summed E-state index contributed by atoms with van der Waals surface area (Å²) in [4.78, 5) is 11.0. The Bertz CT molecular complexity index is 367. The third-order valence-electron chi connectivity index (χ3n) is 1.50. The minimum Gasteiger partial charge on any atom is -0.465 e. The van der Waals surface area contributed by atoms with Gasteiger partial charge in [0.1, 0.15) is 5.56 Å². The van der Waals surface area contributed by atoms with Crippen molar-refractivity contribution in [3.05, 3.63) is 32.2 Å². The monoisotopic (exact) mass is 328 g/mol. The number of ether oxygens (including phenoxy) is 1. The lowest BCUT2D eigenvalue weighted by atomic mass is 10.2. The summed E-state index contributed by atoms with van der Waals surface area (Å²) in [7, 11) is 1.05. The van der Waals surface area contributed by atoms with E-state index in [1.165, 1.54) is 6.07 Å². The Balaban J connectivity index is 3.47. The van der Waals surface area contributed by atoms with Crippen LogP contribution in [0.5, 0.6) is 0 Å². The lowest BCUT2D eigenvalue weighted by Crippen LogP contribution is -2.08. The van der Waals surface area contributed by atoms with E-state index < -0.39 is 23.2 Å². The Morgan fingerprint density at radius 1 is 1.29 bits per heavy atom. The van der Waals surface area contributed by atoms with Gasteiger partial charge in [-0.1, -0.05) is 0 Å². The minimum absolute atomic E-state index is 0.00817. The quantitative estimate of drug-likeness (QED) is 0.584. The summed E-state index contributed by atoms with van der Waals surface area (Å²) in [5.74, 6) is -3.00. The molecule has 0 heterocycles. The number of hydrogen-bond donors (Lipinski definition) is 0. The normalized spacial score (nSPS) is 10.1. The highest BCUT2D eigenvalue weighted by Crippen LogP contribution is 2.28. The van der Waals surface area contributed by atoms with Crippen LogP contribution in [0.15, 0.2) is 15.0 Å². The van der Waals surface area contributed by atoms with E-state index >= 15 is 0 Å². The summed E-state index contributed by atoms with van der Waals surface area (Å²) < 4.78 is 30.8. The molecule has 0 saturated heterocycles. The van der Waals surface area contributed by atoms with Crippen molar-refractivity contribution in [3.8, 4) is 0 Å². The van der Waals surface area contributed by atoms with Crippen LogP contribution in [-0.4, -0.2) is 13.1 Å². The van der Waals surface area contributed by atoms with Gasteiger partial charge in [0.25, 0.3) is 0 Å². The maximum absolute atomic E-state index is 13.3. The van der Waals surface area contributed by atoms with Crippen molar-refractivity contribution < 1.29 is 18.3 Å². The molecule has 0 aliphatic heterocycles. The maximum atomic E-state index is 13.3. The second-order valence-electron chi connectivity index (χ2n) is 2.33. The van der Waals surface area contributed by atoms with Crippen LogP contribution < -0.4 is 0 Å². The minimum atomic E-state index is -1.05. The van der Waals surface area contributed by atoms with Crippen LogP contribution in [0.4, 0.5) is 8.78 Å². The first-order valence-corrected chi connectivity index (χ1v) is 4.99. The van der Waals surface area contributed by atoms with Crippen LogP contribution in [0.3, 0.4) is 0 Å². The third kappa shape index (κ3) is 1.95. The van der Waals surface area contributed by atoms with Crippen LogP contribution in [0, 0.1) is 11.6 Å². The molecule has 0 amide bonds. The predicted octanol–water partition coefficient (Wildman–Crippen LogP) is 3.28. The molecule has 0 aromatic heterocycles. The molecular formula is C8H4Br2F2O2. The molecule has 2 nitrogen and oxygen atoms in total. The first-order valence-electron chi connectivity index (χ1n) is 3.40. The van der Waals surface area contributed by atoms with Crippen LogP contribution >= 0.6 is 31.9 Å². The highest BCUT2D eigenvalue weighted by molar-refractivity contribution is 9.11. The van der Waals surface area contributed by atoms with Gasteiger partial charge in [-0.05, 0) is 37.9 Å². The van der Waals surface area contributed by atoms with E-state index in [0.717, 1.165) is 7.11 Å².